The Bertz CT molecular complexity index is 945. The fourth-order valence-corrected chi connectivity index (χ4v) is 4.29. The van der Waals surface area contributed by atoms with Gasteiger partial charge in [-0.15, -0.1) is 0 Å². The largest absolute Gasteiger partial charge is 0.481 e. The van der Waals surface area contributed by atoms with E-state index in [-0.39, 0.29) is 24.9 Å². The summed E-state index contributed by atoms with van der Waals surface area (Å²) in [6.07, 6.45) is 1.91. The Morgan fingerprint density at radius 2 is 1.64 bits per heavy atom. The Kier molecular flexibility index (Phi) is 8.46. The van der Waals surface area contributed by atoms with Crippen molar-refractivity contribution in [3.63, 3.8) is 0 Å². The first-order valence-electron chi connectivity index (χ1n) is 11.5. The van der Waals surface area contributed by atoms with E-state index >= 15 is 0 Å². The minimum absolute atomic E-state index is 0.00292. The molecule has 2 aromatic carbocycles. The quantitative estimate of drug-likeness (QED) is 0.527. The molecular weight excluding hydrogens is 420 g/mol. The molecule has 1 aliphatic rings. The normalized spacial score (nSPS) is 13.0. The lowest BCUT2D eigenvalue weighted by molar-refractivity contribution is -0.138. The Morgan fingerprint density at radius 3 is 2.21 bits per heavy atom. The lowest BCUT2D eigenvalue weighted by Gasteiger charge is -2.24. The van der Waals surface area contributed by atoms with E-state index in [1.54, 1.807) is 7.05 Å². The van der Waals surface area contributed by atoms with E-state index in [1.807, 2.05) is 31.2 Å². The Morgan fingerprint density at radius 1 is 1.03 bits per heavy atom. The number of hydrogen-bond donors (Lipinski definition) is 2. The number of carboxylic acids is 1. The molecule has 1 atom stereocenters. The van der Waals surface area contributed by atoms with E-state index in [1.165, 1.54) is 4.90 Å². The van der Waals surface area contributed by atoms with Crippen LogP contribution in [0.1, 0.15) is 56.1 Å². The molecule has 0 bridgehead atoms. The van der Waals surface area contributed by atoms with Gasteiger partial charge in [-0.25, -0.2) is 4.79 Å². The van der Waals surface area contributed by atoms with Gasteiger partial charge in [0.05, 0.1) is 0 Å². The number of fused-ring (bicyclic) bond motifs is 3. The number of rotatable bonds is 11. The Labute approximate surface area is 194 Å². The first-order chi connectivity index (χ1) is 15.9. The number of nitrogens with one attached hydrogen (secondary N) is 1. The number of hydrogen-bond acceptors (Lipinski definition) is 4. The van der Waals surface area contributed by atoms with E-state index in [2.05, 4.69) is 29.6 Å². The number of nitrogens with zero attached hydrogens (tertiary/aromatic N) is 1. The van der Waals surface area contributed by atoms with Crippen LogP contribution in [0.4, 0.5) is 4.79 Å². The monoisotopic (exact) mass is 452 g/mol. The van der Waals surface area contributed by atoms with E-state index < -0.39 is 18.1 Å². The average Bonchev–Trinajstić information content (AvgIpc) is 3.13. The van der Waals surface area contributed by atoms with E-state index in [9.17, 15) is 14.4 Å². The standard InChI is InChI=1S/C26H32N2O5/c1-3-4-14-23(25(31)28(2)16-9-15-24(29)30)27-26(32)33-17-22-20-12-7-5-10-18(20)19-11-6-8-13-21(19)22/h5-8,10-13,22-23H,3-4,9,14-17H2,1-2H3,(H,27,32)(H,29,30)/t23-/m0/s1. The maximum Gasteiger partial charge on any atom is 0.407 e. The van der Waals surface area contributed by atoms with Crippen LogP contribution in [0, 0.1) is 0 Å². The predicted molar refractivity (Wildman–Crippen MR) is 126 cm³/mol. The molecule has 176 valence electrons. The van der Waals surface area contributed by atoms with Crippen LogP contribution in [0.2, 0.25) is 0 Å². The molecule has 2 aromatic rings. The van der Waals surface area contributed by atoms with Gasteiger partial charge in [-0.05, 0) is 35.1 Å². The van der Waals surface area contributed by atoms with Crippen molar-refractivity contribution in [2.24, 2.45) is 0 Å². The molecule has 3 rings (SSSR count). The summed E-state index contributed by atoms with van der Waals surface area (Å²) < 4.78 is 5.59. The van der Waals surface area contributed by atoms with E-state index in [4.69, 9.17) is 9.84 Å². The second-order valence-corrected chi connectivity index (χ2v) is 8.42. The molecule has 0 saturated heterocycles. The molecule has 7 nitrogen and oxygen atoms in total. The van der Waals surface area contributed by atoms with Crippen molar-refractivity contribution in [2.45, 2.75) is 51.0 Å². The molecular formula is C26H32N2O5. The zero-order valence-corrected chi connectivity index (χ0v) is 19.3. The van der Waals surface area contributed by atoms with Crippen LogP contribution in [-0.2, 0) is 14.3 Å². The summed E-state index contributed by atoms with van der Waals surface area (Å²) in [4.78, 5) is 37.7. The smallest absolute Gasteiger partial charge is 0.407 e. The van der Waals surface area contributed by atoms with Gasteiger partial charge in [-0.3, -0.25) is 9.59 Å². The van der Waals surface area contributed by atoms with Gasteiger partial charge < -0.3 is 20.1 Å². The molecule has 0 spiro atoms. The summed E-state index contributed by atoms with van der Waals surface area (Å²) in [5, 5.41) is 11.5. The predicted octanol–water partition coefficient (Wildman–Crippen LogP) is 4.41. The first-order valence-corrected chi connectivity index (χ1v) is 11.5. The maximum atomic E-state index is 12.9. The maximum absolute atomic E-state index is 12.9. The lowest BCUT2D eigenvalue weighted by atomic mass is 9.98. The third-order valence-corrected chi connectivity index (χ3v) is 6.04. The second-order valence-electron chi connectivity index (χ2n) is 8.42. The Hall–Kier alpha value is -3.35. The molecule has 0 unspecified atom stereocenters. The molecule has 33 heavy (non-hydrogen) atoms. The number of benzene rings is 2. The summed E-state index contributed by atoms with van der Waals surface area (Å²) in [5.74, 6) is -1.18. The van der Waals surface area contributed by atoms with Crippen molar-refractivity contribution >= 4 is 18.0 Å². The van der Waals surface area contributed by atoms with Gasteiger partial charge >= 0.3 is 12.1 Å². The fraction of sp³-hybridized carbons (Fsp3) is 0.423. The van der Waals surface area contributed by atoms with Crippen LogP contribution in [-0.4, -0.2) is 54.2 Å². The van der Waals surface area contributed by atoms with Crippen LogP contribution in [0.3, 0.4) is 0 Å². The third kappa shape index (κ3) is 6.12. The number of ether oxygens (including phenoxy) is 1. The topological polar surface area (TPSA) is 95.9 Å². The highest BCUT2D eigenvalue weighted by Crippen LogP contribution is 2.44. The van der Waals surface area contributed by atoms with Crippen molar-refractivity contribution in [2.75, 3.05) is 20.2 Å². The minimum Gasteiger partial charge on any atom is -0.481 e. The highest BCUT2D eigenvalue weighted by Gasteiger charge is 2.30. The molecule has 0 fully saturated rings. The van der Waals surface area contributed by atoms with E-state index in [0.717, 1.165) is 35.1 Å². The number of carbonyl (C=O) groups is 3. The van der Waals surface area contributed by atoms with Gasteiger partial charge in [0.15, 0.2) is 0 Å². The molecule has 0 radical (unpaired) electrons. The number of alkyl carbamates (subject to hydrolysis) is 1. The first kappa shape index (κ1) is 24.3. The van der Waals surface area contributed by atoms with Crippen LogP contribution >= 0.6 is 0 Å². The SMILES string of the molecule is CCCC[C@H](NC(=O)OCC1c2ccccc2-c2ccccc21)C(=O)N(C)CCCC(=O)O. The van der Waals surface area contributed by atoms with Gasteiger partial charge in [-0.2, -0.15) is 0 Å². The summed E-state index contributed by atoms with van der Waals surface area (Å²) in [6.45, 7) is 2.52. The molecule has 0 saturated carbocycles. The van der Waals surface area contributed by atoms with Crippen molar-refractivity contribution in [1.29, 1.82) is 0 Å². The van der Waals surface area contributed by atoms with Gasteiger partial charge in [0, 0.05) is 25.9 Å². The van der Waals surface area contributed by atoms with Crippen LogP contribution in [0.15, 0.2) is 48.5 Å². The molecule has 0 aliphatic heterocycles. The van der Waals surface area contributed by atoms with Crippen molar-refractivity contribution in [1.82, 2.24) is 10.2 Å². The highest BCUT2D eigenvalue weighted by molar-refractivity contribution is 5.85. The third-order valence-electron chi connectivity index (χ3n) is 6.04. The van der Waals surface area contributed by atoms with Crippen molar-refractivity contribution in [3.8, 4) is 11.1 Å². The minimum atomic E-state index is -0.893. The van der Waals surface area contributed by atoms with Crippen LogP contribution < -0.4 is 5.32 Å². The molecule has 7 heteroatoms. The van der Waals surface area contributed by atoms with E-state index in [0.29, 0.717) is 19.4 Å². The van der Waals surface area contributed by atoms with Gasteiger partial charge in [0.1, 0.15) is 12.6 Å². The van der Waals surface area contributed by atoms with Crippen LogP contribution in [0.5, 0.6) is 0 Å². The van der Waals surface area contributed by atoms with Crippen molar-refractivity contribution < 1.29 is 24.2 Å². The number of likely N-dealkylation sites (N-methyl/N-ethyl adjacent to an activating group) is 1. The number of aliphatic carboxylic acids is 1. The Balaban J connectivity index is 1.61. The zero-order valence-electron chi connectivity index (χ0n) is 19.3. The lowest BCUT2D eigenvalue weighted by Crippen LogP contribution is -2.48. The van der Waals surface area contributed by atoms with Crippen LogP contribution in [0.25, 0.3) is 11.1 Å². The summed E-state index contributed by atoms with van der Waals surface area (Å²) in [5.41, 5.74) is 4.56. The van der Waals surface area contributed by atoms with Crippen molar-refractivity contribution in [3.05, 3.63) is 59.7 Å². The zero-order chi connectivity index (χ0) is 23.8. The van der Waals surface area contributed by atoms with Gasteiger partial charge in [-0.1, -0.05) is 68.3 Å². The fourth-order valence-electron chi connectivity index (χ4n) is 4.29. The van der Waals surface area contributed by atoms with Gasteiger partial charge in [0.2, 0.25) is 5.91 Å². The van der Waals surface area contributed by atoms with Gasteiger partial charge in [0.25, 0.3) is 0 Å². The number of carbonyl (C=O) groups excluding carboxylic acids is 2. The molecule has 0 aromatic heterocycles. The second kappa shape index (κ2) is 11.5. The average molecular weight is 453 g/mol. The molecule has 2 amide bonds. The number of unbranched alkanes of at least 4 members (excludes halogenated alkanes) is 1. The molecule has 0 heterocycles. The number of carboxylic acid groups (broad SMARTS) is 1. The number of amides is 2. The molecule has 1 aliphatic carbocycles. The summed E-state index contributed by atoms with van der Waals surface area (Å²) in [6, 6.07) is 15.5. The highest BCUT2D eigenvalue weighted by atomic mass is 16.5. The summed E-state index contributed by atoms with van der Waals surface area (Å²) >= 11 is 0. The molecule has 2 N–H and O–H groups in total. The summed E-state index contributed by atoms with van der Waals surface area (Å²) in [7, 11) is 1.63.